The van der Waals surface area contributed by atoms with Crippen LogP contribution in [0, 0.1) is 0 Å². The van der Waals surface area contributed by atoms with Gasteiger partial charge in [0.25, 0.3) is 5.91 Å². The molecule has 34 heavy (non-hydrogen) atoms. The number of nitrogens with one attached hydrogen (secondary N) is 2. The van der Waals surface area contributed by atoms with Gasteiger partial charge >= 0.3 is 12.1 Å². The molecule has 11 nitrogen and oxygen atoms in total. The maximum Gasteiger partial charge on any atom is 0.407 e. The minimum atomic E-state index is -1.11. The minimum Gasteiger partial charge on any atom is -0.480 e. The van der Waals surface area contributed by atoms with Crippen molar-refractivity contribution in [2.24, 2.45) is 0 Å². The molecule has 186 valence electrons. The monoisotopic (exact) mass is 492 g/mol. The van der Waals surface area contributed by atoms with Crippen LogP contribution in [0.25, 0.3) is 10.2 Å². The van der Waals surface area contributed by atoms with E-state index in [0.29, 0.717) is 34.9 Å². The van der Waals surface area contributed by atoms with Crippen molar-refractivity contribution in [3.05, 3.63) is 10.9 Å². The Kier molecular flexibility index (Phi) is 8.13. The van der Waals surface area contributed by atoms with Crippen LogP contribution in [-0.4, -0.2) is 64.3 Å². The number of nitrogens with zero attached hydrogens (tertiary/aromatic N) is 3. The molecule has 1 aliphatic heterocycles. The number of nitrogen functional groups attached to an aromatic ring is 1. The molecule has 1 fully saturated rings. The van der Waals surface area contributed by atoms with Gasteiger partial charge in [0, 0.05) is 19.6 Å². The molecule has 0 aromatic carbocycles. The molecule has 1 saturated heterocycles. The van der Waals surface area contributed by atoms with Gasteiger partial charge in [-0.3, -0.25) is 4.79 Å². The van der Waals surface area contributed by atoms with Crippen LogP contribution < -0.4 is 21.3 Å². The van der Waals surface area contributed by atoms with Crippen molar-refractivity contribution < 1.29 is 24.2 Å². The second kappa shape index (κ2) is 10.9. The second-order valence-electron chi connectivity index (χ2n) is 9.22. The Labute approximate surface area is 202 Å². The van der Waals surface area contributed by atoms with Crippen LogP contribution in [0.2, 0.25) is 0 Å². The van der Waals surface area contributed by atoms with Crippen molar-refractivity contribution in [2.45, 2.75) is 64.5 Å². The maximum atomic E-state index is 12.8. The first kappa shape index (κ1) is 25.5. The van der Waals surface area contributed by atoms with Crippen LogP contribution in [0.15, 0.2) is 6.07 Å². The van der Waals surface area contributed by atoms with Gasteiger partial charge in [0.2, 0.25) is 5.95 Å². The number of carboxylic acid groups (broad SMARTS) is 1. The number of aromatic nitrogens is 2. The number of anilines is 2. The number of carbonyl (C=O) groups excluding carboxylic acids is 2. The van der Waals surface area contributed by atoms with E-state index < -0.39 is 29.6 Å². The van der Waals surface area contributed by atoms with E-state index in [-0.39, 0.29) is 12.4 Å². The van der Waals surface area contributed by atoms with Gasteiger partial charge in [-0.1, -0.05) is 0 Å². The molecule has 2 amide bonds. The third-order valence-electron chi connectivity index (χ3n) is 5.21. The molecule has 12 heteroatoms. The normalized spacial score (nSPS) is 14.7. The van der Waals surface area contributed by atoms with E-state index in [1.54, 1.807) is 26.8 Å². The van der Waals surface area contributed by atoms with Gasteiger partial charge in [-0.15, -0.1) is 11.3 Å². The summed E-state index contributed by atoms with van der Waals surface area (Å²) in [7, 11) is 0. The summed E-state index contributed by atoms with van der Waals surface area (Å²) in [6.07, 6.45) is 2.90. The van der Waals surface area contributed by atoms with Crippen molar-refractivity contribution in [2.75, 3.05) is 30.3 Å². The van der Waals surface area contributed by atoms with Crippen LogP contribution in [0.5, 0.6) is 0 Å². The van der Waals surface area contributed by atoms with Crippen LogP contribution in [-0.2, 0) is 9.53 Å². The van der Waals surface area contributed by atoms with Crippen LogP contribution in [0.4, 0.5) is 16.6 Å². The van der Waals surface area contributed by atoms with Crippen molar-refractivity contribution >= 4 is 51.3 Å². The Hall–Kier alpha value is -3.15. The maximum absolute atomic E-state index is 12.8. The fraction of sp³-hybridized carbons (Fsp3) is 0.591. The van der Waals surface area contributed by atoms with Crippen molar-refractivity contribution in [1.82, 2.24) is 20.6 Å². The van der Waals surface area contributed by atoms with E-state index in [1.165, 1.54) is 0 Å². The Bertz CT molecular complexity index is 1040. The summed E-state index contributed by atoms with van der Waals surface area (Å²) in [5.41, 5.74) is 5.29. The Morgan fingerprint density at radius 2 is 1.94 bits per heavy atom. The molecular formula is C22H32N6O5S. The summed E-state index contributed by atoms with van der Waals surface area (Å²) in [5.74, 6) is -0.737. The number of amides is 2. The minimum absolute atomic E-state index is 0.145. The topological polar surface area (TPSA) is 160 Å². The predicted molar refractivity (Wildman–Crippen MR) is 130 cm³/mol. The van der Waals surface area contributed by atoms with E-state index in [0.717, 1.165) is 42.7 Å². The lowest BCUT2D eigenvalue weighted by atomic mass is 10.1. The molecule has 5 N–H and O–H groups in total. The summed E-state index contributed by atoms with van der Waals surface area (Å²) in [4.78, 5) is 47.9. The fourth-order valence-corrected chi connectivity index (χ4v) is 4.61. The lowest BCUT2D eigenvalue weighted by molar-refractivity contribution is -0.139. The molecule has 0 aliphatic carbocycles. The van der Waals surface area contributed by atoms with Gasteiger partial charge in [0.15, 0.2) is 0 Å². The highest BCUT2D eigenvalue weighted by molar-refractivity contribution is 7.20. The lowest BCUT2D eigenvalue weighted by Crippen LogP contribution is -2.40. The number of nitrogens with two attached hydrogens (primary N) is 1. The van der Waals surface area contributed by atoms with Crippen molar-refractivity contribution in [1.29, 1.82) is 0 Å². The molecule has 0 saturated carbocycles. The molecule has 2 aromatic rings. The molecular weight excluding hydrogens is 460 g/mol. The highest BCUT2D eigenvalue weighted by Gasteiger charge is 2.24. The SMILES string of the molecule is CC(C)(C)OC(=O)NCCCCC(NC(=O)c1cc2c(N3CCCC3)nc(N)nc2s1)C(=O)O. The van der Waals surface area contributed by atoms with Crippen molar-refractivity contribution in [3.8, 4) is 0 Å². The zero-order valence-corrected chi connectivity index (χ0v) is 20.5. The summed E-state index contributed by atoms with van der Waals surface area (Å²) < 4.78 is 5.16. The van der Waals surface area contributed by atoms with Gasteiger partial charge in [-0.05, 0) is 58.9 Å². The molecule has 0 spiro atoms. The van der Waals surface area contributed by atoms with Crippen LogP contribution >= 0.6 is 11.3 Å². The molecule has 1 unspecified atom stereocenters. The van der Waals surface area contributed by atoms with Gasteiger partial charge in [-0.25, -0.2) is 14.6 Å². The number of unbranched alkanes of at least 4 members (excludes halogenated alkanes) is 1. The Balaban J connectivity index is 1.57. The third-order valence-corrected chi connectivity index (χ3v) is 6.24. The molecule has 1 aliphatic rings. The second-order valence-corrected chi connectivity index (χ2v) is 10.2. The lowest BCUT2D eigenvalue weighted by Gasteiger charge is -2.19. The number of hydrogen-bond acceptors (Lipinski definition) is 9. The summed E-state index contributed by atoms with van der Waals surface area (Å²) in [6.45, 7) is 7.42. The average molecular weight is 493 g/mol. The first-order valence-corrected chi connectivity index (χ1v) is 12.2. The first-order chi connectivity index (χ1) is 16.0. The first-order valence-electron chi connectivity index (χ1n) is 11.4. The fourth-order valence-electron chi connectivity index (χ4n) is 3.67. The zero-order valence-electron chi connectivity index (χ0n) is 19.7. The number of carboxylic acids is 1. The summed E-state index contributed by atoms with van der Waals surface area (Å²) in [5, 5.41) is 15.5. The predicted octanol–water partition coefficient (Wildman–Crippen LogP) is 2.75. The van der Waals surface area contributed by atoms with Gasteiger partial charge in [-0.2, -0.15) is 4.98 Å². The number of aliphatic carboxylic acids is 1. The highest BCUT2D eigenvalue weighted by atomic mass is 32.1. The number of alkyl carbamates (subject to hydrolysis) is 1. The molecule has 3 rings (SSSR count). The Morgan fingerprint density at radius 3 is 2.59 bits per heavy atom. The zero-order chi connectivity index (χ0) is 24.9. The number of hydrogen-bond donors (Lipinski definition) is 4. The van der Waals surface area contributed by atoms with Crippen molar-refractivity contribution in [3.63, 3.8) is 0 Å². The van der Waals surface area contributed by atoms with E-state index >= 15 is 0 Å². The molecule has 0 radical (unpaired) electrons. The molecule has 1 atom stereocenters. The van der Waals surface area contributed by atoms with Gasteiger partial charge < -0.3 is 31.1 Å². The summed E-state index contributed by atoms with van der Waals surface area (Å²) >= 11 is 1.16. The van der Waals surface area contributed by atoms with E-state index in [4.69, 9.17) is 10.5 Å². The number of rotatable bonds is 9. The van der Waals surface area contributed by atoms with Crippen LogP contribution in [0.3, 0.4) is 0 Å². The van der Waals surface area contributed by atoms with Gasteiger partial charge in [0.05, 0.1) is 10.3 Å². The molecule has 2 aromatic heterocycles. The number of ether oxygens (including phenoxy) is 1. The Morgan fingerprint density at radius 1 is 1.24 bits per heavy atom. The van der Waals surface area contributed by atoms with E-state index in [1.807, 2.05) is 0 Å². The third kappa shape index (κ3) is 6.92. The van der Waals surface area contributed by atoms with E-state index in [9.17, 15) is 19.5 Å². The molecule has 3 heterocycles. The van der Waals surface area contributed by atoms with Crippen LogP contribution in [0.1, 0.15) is 62.5 Å². The molecule has 0 bridgehead atoms. The van der Waals surface area contributed by atoms with E-state index in [2.05, 4.69) is 25.5 Å². The average Bonchev–Trinajstić information content (AvgIpc) is 3.40. The standard InChI is InChI=1S/C22H32N6O5S/c1-22(2,3)33-21(32)24-9-5-4-8-14(19(30)31)25-17(29)15-12-13-16(28-10-6-7-11-28)26-20(23)27-18(13)34-15/h12,14H,4-11H2,1-3H3,(H,24,32)(H,25,29)(H,30,31)(H2,23,26,27). The largest absolute Gasteiger partial charge is 0.480 e. The highest BCUT2D eigenvalue weighted by Crippen LogP contribution is 2.33. The smallest absolute Gasteiger partial charge is 0.407 e. The quantitative estimate of drug-likeness (QED) is 0.386. The summed E-state index contributed by atoms with van der Waals surface area (Å²) in [6, 6.07) is 0.653. The number of fused-ring (bicyclic) bond motifs is 1. The number of thiophene rings is 1. The number of carbonyl (C=O) groups is 3. The van der Waals surface area contributed by atoms with Gasteiger partial charge in [0.1, 0.15) is 22.3 Å².